The van der Waals surface area contributed by atoms with Crippen LogP contribution in [-0.2, 0) is 5.41 Å². The topological polar surface area (TPSA) is 26.0 Å². The van der Waals surface area contributed by atoms with E-state index in [4.69, 9.17) is 5.73 Å². The minimum absolute atomic E-state index is 0.251. The molecule has 1 aromatic rings. The Bertz CT molecular complexity index is 289. The second-order valence-corrected chi connectivity index (χ2v) is 4.59. The van der Waals surface area contributed by atoms with Gasteiger partial charge in [0.05, 0.1) is 0 Å². The Morgan fingerprint density at radius 3 is 2.23 bits per heavy atom. The highest BCUT2D eigenvalue weighted by Crippen LogP contribution is 2.45. The van der Waals surface area contributed by atoms with Gasteiger partial charge in [-0.25, -0.2) is 0 Å². The third-order valence-electron chi connectivity index (χ3n) is 3.28. The van der Waals surface area contributed by atoms with Gasteiger partial charge in [0.25, 0.3) is 0 Å². The molecule has 2 atom stereocenters. The maximum Gasteiger partial charge on any atom is 0.00795 e. The van der Waals surface area contributed by atoms with E-state index >= 15 is 0 Å². The average molecular weight is 175 g/mol. The zero-order chi connectivity index (χ0) is 9.47. The first-order valence-corrected chi connectivity index (χ1v) is 4.93. The second kappa shape index (κ2) is 2.85. The van der Waals surface area contributed by atoms with Crippen LogP contribution < -0.4 is 5.73 Å². The van der Waals surface area contributed by atoms with Crippen LogP contribution in [0.4, 0.5) is 0 Å². The van der Waals surface area contributed by atoms with Gasteiger partial charge in [-0.15, -0.1) is 0 Å². The molecule has 0 aromatic heterocycles. The third-order valence-corrected chi connectivity index (χ3v) is 3.28. The van der Waals surface area contributed by atoms with Crippen LogP contribution in [0.2, 0.25) is 0 Å². The summed E-state index contributed by atoms with van der Waals surface area (Å²) in [6.45, 7) is 4.58. The van der Waals surface area contributed by atoms with E-state index in [1.165, 1.54) is 12.0 Å². The van der Waals surface area contributed by atoms with Crippen LogP contribution in [0.3, 0.4) is 0 Å². The smallest absolute Gasteiger partial charge is 0.00795 e. The fourth-order valence-electron chi connectivity index (χ4n) is 2.13. The van der Waals surface area contributed by atoms with Gasteiger partial charge in [-0.1, -0.05) is 44.2 Å². The summed E-state index contributed by atoms with van der Waals surface area (Å²) in [6, 6.07) is 11.1. The quantitative estimate of drug-likeness (QED) is 0.733. The maximum absolute atomic E-state index is 5.89. The monoisotopic (exact) mass is 175 g/mol. The van der Waals surface area contributed by atoms with E-state index in [9.17, 15) is 0 Å². The summed E-state index contributed by atoms with van der Waals surface area (Å²) in [7, 11) is 0. The molecule has 2 rings (SSSR count). The van der Waals surface area contributed by atoms with E-state index in [2.05, 4.69) is 44.2 Å². The van der Waals surface area contributed by atoms with Crippen molar-refractivity contribution < 1.29 is 0 Å². The Morgan fingerprint density at radius 2 is 1.77 bits per heavy atom. The number of hydrogen-bond acceptors (Lipinski definition) is 1. The highest BCUT2D eigenvalue weighted by Gasteiger charge is 2.45. The molecule has 1 heteroatoms. The maximum atomic E-state index is 5.89. The average Bonchev–Trinajstić information content (AvgIpc) is 2.85. The van der Waals surface area contributed by atoms with Crippen LogP contribution >= 0.6 is 0 Å². The minimum atomic E-state index is 0.251. The molecule has 13 heavy (non-hydrogen) atoms. The lowest BCUT2D eigenvalue weighted by molar-refractivity contribution is 0.444. The van der Waals surface area contributed by atoms with E-state index in [0.717, 1.165) is 0 Å². The largest absolute Gasteiger partial charge is 0.327 e. The number of nitrogens with two attached hydrogens (primary N) is 1. The van der Waals surface area contributed by atoms with Crippen molar-refractivity contribution in [1.82, 2.24) is 0 Å². The van der Waals surface area contributed by atoms with Crippen LogP contribution in [-0.4, -0.2) is 6.04 Å². The lowest BCUT2D eigenvalue weighted by Gasteiger charge is -2.25. The normalized spacial score (nSPS) is 27.3. The predicted octanol–water partition coefficient (Wildman–Crippen LogP) is 2.31. The van der Waals surface area contributed by atoms with Gasteiger partial charge in [0, 0.05) is 6.04 Å². The van der Waals surface area contributed by atoms with Crippen molar-refractivity contribution in [2.24, 2.45) is 11.7 Å². The molecule has 70 valence electrons. The van der Waals surface area contributed by atoms with E-state index in [1.807, 2.05) is 0 Å². The third kappa shape index (κ3) is 1.49. The number of hydrogen-bond donors (Lipinski definition) is 1. The van der Waals surface area contributed by atoms with Crippen LogP contribution in [0.5, 0.6) is 0 Å². The van der Waals surface area contributed by atoms with Crippen molar-refractivity contribution in [2.45, 2.75) is 31.7 Å². The van der Waals surface area contributed by atoms with Crippen LogP contribution in [0, 0.1) is 5.92 Å². The zero-order valence-electron chi connectivity index (χ0n) is 8.33. The summed E-state index contributed by atoms with van der Waals surface area (Å²) in [4.78, 5) is 0. The molecule has 0 bridgehead atoms. The van der Waals surface area contributed by atoms with E-state index in [0.29, 0.717) is 12.0 Å². The lowest BCUT2D eigenvalue weighted by Crippen LogP contribution is -2.24. The van der Waals surface area contributed by atoms with Gasteiger partial charge < -0.3 is 5.73 Å². The molecule has 1 nitrogen and oxygen atoms in total. The Balaban J connectivity index is 2.25. The summed E-state index contributed by atoms with van der Waals surface area (Å²) >= 11 is 0. The van der Waals surface area contributed by atoms with Crippen molar-refractivity contribution in [3.8, 4) is 0 Å². The molecule has 0 amide bonds. The first-order chi connectivity index (χ1) is 6.12. The lowest BCUT2D eigenvalue weighted by atomic mass is 9.80. The van der Waals surface area contributed by atoms with Crippen molar-refractivity contribution in [2.75, 3.05) is 0 Å². The molecule has 0 aliphatic heterocycles. The predicted molar refractivity (Wildman–Crippen MR) is 55.6 cm³/mol. The molecule has 1 saturated carbocycles. The van der Waals surface area contributed by atoms with E-state index < -0.39 is 0 Å². The zero-order valence-corrected chi connectivity index (χ0v) is 8.33. The van der Waals surface area contributed by atoms with Gasteiger partial charge in [-0.3, -0.25) is 0 Å². The number of benzene rings is 1. The number of rotatable bonds is 2. The van der Waals surface area contributed by atoms with Gasteiger partial charge in [0.1, 0.15) is 0 Å². The van der Waals surface area contributed by atoms with Crippen molar-refractivity contribution in [3.63, 3.8) is 0 Å². The SMILES string of the molecule is CC(C)(c1ccccc1)C1CC1N. The summed E-state index contributed by atoms with van der Waals surface area (Å²) in [5.41, 5.74) is 7.55. The molecule has 2 unspecified atom stereocenters. The Morgan fingerprint density at radius 1 is 1.23 bits per heavy atom. The highest BCUT2D eigenvalue weighted by atomic mass is 14.8. The molecule has 0 radical (unpaired) electrons. The van der Waals surface area contributed by atoms with Crippen LogP contribution in [0.15, 0.2) is 30.3 Å². The van der Waals surface area contributed by atoms with Gasteiger partial charge in [0.15, 0.2) is 0 Å². The molecule has 1 aliphatic carbocycles. The van der Waals surface area contributed by atoms with Gasteiger partial charge >= 0.3 is 0 Å². The second-order valence-electron chi connectivity index (χ2n) is 4.59. The summed E-state index contributed by atoms with van der Waals surface area (Å²) in [5, 5.41) is 0. The molecular weight excluding hydrogens is 158 g/mol. The molecule has 0 heterocycles. The molecular formula is C12H17N. The van der Waals surface area contributed by atoms with E-state index in [1.54, 1.807) is 0 Å². The van der Waals surface area contributed by atoms with Crippen LogP contribution in [0.25, 0.3) is 0 Å². The van der Waals surface area contributed by atoms with Crippen molar-refractivity contribution >= 4 is 0 Å². The van der Waals surface area contributed by atoms with Gasteiger partial charge in [0.2, 0.25) is 0 Å². The van der Waals surface area contributed by atoms with Gasteiger partial charge in [-0.2, -0.15) is 0 Å². The van der Waals surface area contributed by atoms with Crippen molar-refractivity contribution in [3.05, 3.63) is 35.9 Å². The summed E-state index contributed by atoms with van der Waals surface area (Å²) in [6.07, 6.45) is 1.18. The highest BCUT2D eigenvalue weighted by molar-refractivity contribution is 5.27. The molecule has 0 spiro atoms. The molecule has 1 aliphatic rings. The Labute approximate surface area is 80.0 Å². The minimum Gasteiger partial charge on any atom is -0.327 e. The molecule has 0 saturated heterocycles. The fourth-order valence-corrected chi connectivity index (χ4v) is 2.13. The van der Waals surface area contributed by atoms with Crippen molar-refractivity contribution in [1.29, 1.82) is 0 Å². The van der Waals surface area contributed by atoms with Crippen LogP contribution in [0.1, 0.15) is 25.8 Å². The first-order valence-electron chi connectivity index (χ1n) is 4.93. The summed E-state index contributed by atoms with van der Waals surface area (Å²) < 4.78 is 0. The first kappa shape index (κ1) is 8.76. The standard InChI is InChI=1S/C12H17N/c1-12(2,10-8-11(10)13)9-6-4-3-5-7-9/h3-7,10-11H,8,13H2,1-2H3. The summed E-state index contributed by atoms with van der Waals surface area (Å²) in [5.74, 6) is 0.676. The molecule has 2 N–H and O–H groups in total. The fraction of sp³-hybridized carbons (Fsp3) is 0.500. The molecule has 1 aromatic carbocycles. The molecule has 1 fully saturated rings. The van der Waals surface area contributed by atoms with Gasteiger partial charge in [-0.05, 0) is 23.3 Å². The Hall–Kier alpha value is -0.820. The van der Waals surface area contributed by atoms with E-state index in [-0.39, 0.29) is 5.41 Å². The Kier molecular flexibility index (Phi) is 1.92.